The molecule has 3 rings (SSSR count). The molecule has 17 heavy (non-hydrogen) atoms. The van der Waals surface area contributed by atoms with Crippen LogP contribution < -0.4 is 5.73 Å². The lowest BCUT2D eigenvalue weighted by Gasteiger charge is -2.02. The Labute approximate surface area is 106 Å². The van der Waals surface area contributed by atoms with Gasteiger partial charge in [-0.05, 0) is 70.5 Å². The zero-order valence-electron chi connectivity index (χ0n) is 9.65. The molecule has 0 amide bonds. The van der Waals surface area contributed by atoms with Gasteiger partial charge in [-0.2, -0.15) is 11.3 Å². The van der Waals surface area contributed by atoms with Gasteiger partial charge in [-0.15, -0.1) is 0 Å². The van der Waals surface area contributed by atoms with Gasteiger partial charge in [0.05, 0.1) is 0 Å². The predicted molar refractivity (Wildman–Crippen MR) is 75.2 cm³/mol. The van der Waals surface area contributed by atoms with Crippen LogP contribution in [0.5, 0.6) is 0 Å². The van der Waals surface area contributed by atoms with Crippen LogP contribution >= 0.6 is 11.3 Å². The number of benzene rings is 1. The number of nitrogen functional groups attached to an aromatic ring is 1. The van der Waals surface area contributed by atoms with Crippen LogP contribution in [0.25, 0.3) is 5.57 Å². The first kappa shape index (κ1) is 10.6. The van der Waals surface area contributed by atoms with E-state index < -0.39 is 0 Å². The van der Waals surface area contributed by atoms with Crippen molar-refractivity contribution in [2.45, 2.75) is 19.3 Å². The average Bonchev–Trinajstić information content (AvgIpc) is 2.94. The number of hydrogen-bond donors (Lipinski definition) is 1. The Bertz CT molecular complexity index is 552. The van der Waals surface area contributed by atoms with Gasteiger partial charge in [0.15, 0.2) is 0 Å². The van der Waals surface area contributed by atoms with Crippen LogP contribution in [0.2, 0.25) is 0 Å². The summed E-state index contributed by atoms with van der Waals surface area (Å²) in [6.45, 7) is 0. The molecule has 0 aliphatic heterocycles. The Morgan fingerprint density at radius 3 is 3.00 bits per heavy atom. The molecule has 0 radical (unpaired) electrons. The number of allylic oxidation sites excluding steroid dienone is 2. The molecule has 1 nitrogen and oxygen atoms in total. The van der Waals surface area contributed by atoms with E-state index in [1.165, 1.54) is 22.3 Å². The van der Waals surface area contributed by atoms with E-state index in [-0.39, 0.29) is 0 Å². The average molecular weight is 241 g/mol. The van der Waals surface area contributed by atoms with Gasteiger partial charge in [-0.1, -0.05) is 12.1 Å². The van der Waals surface area contributed by atoms with Crippen LogP contribution in [0.1, 0.15) is 23.1 Å². The van der Waals surface area contributed by atoms with E-state index in [9.17, 15) is 0 Å². The fraction of sp³-hybridized carbons (Fsp3) is 0.200. The lowest BCUT2D eigenvalue weighted by Crippen LogP contribution is -1.88. The van der Waals surface area contributed by atoms with Crippen LogP contribution in [0.3, 0.4) is 0 Å². The van der Waals surface area contributed by atoms with Crippen molar-refractivity contribution in [3.63, 3.8) is 0 Å². The van der Waals surface area contributed by atoms with Gasteiger partial charge in [0.2, 0.25) is 0 Å². The standard InChI is InChI=1S/C15H15NS/c16-14-5-6-15-12(3-4-13(15)9-14)2-1-11-7-8-17-10-11/h2,5-10H,1,3-4,16H2. The monoisotopic (exact) mass is 241 g/mol. The molecule has 2 aromatic rings. The van der Waals surface area contributed by atoms with Gasteiger partial charge in [0, 0.05) is 5.69 Å². The van der Waals surface area contributed by atoms with Gasteiger partial charge in [0.25, 0.3) is 0 Å². The summed E-state index contributed by atoms with van der Waals surface area (Å²) in [5.74, 6) is 0. The van der Waals surface area contributed by atoms with Crippen LogP contribution in [0.15, 0.2) is 41.1 Å². The van der Waals surface area contributed by atoms with Crippen LogP contribution in [0, 0.1) is 0 Å². The number of rotatable bonds is 2. The summed E-state index contributed by atoms with van der Waals surface area (Å²) >= 11 is 1.76. The minimum absolute atomic E-state index is 0.878. The van der Waals surface area contributed by atoms with Crippen molar-refractivity contribution in [3.05, 3.63) is 57.8 Å². The topological polar surface area (TPSA) is 26.0 Å². The van der Waals surface area contributed by atoms with Crippen LogP contribution in [-0.4, -0.2) is 0 Å². The quantitative estimate of drug-likeness (QED) is 0.793. The van der Waals surface area contributed by atoms with Crippen molar-refractivity contribution < 1.29 is 0 Å². The molecule has 0 spiro atoms. The van der Waals surface area contributed by atoms with Crippen molar-refractivity contribution in [2.75, 3.05) is 5.73 Å². The number of anilines is 1. The highest BCUT2D eigenvalue weighted by molar-refractivity contribution is 7.07. The maximum Gasteiger partial charge on any atom is 0.0317 e. The molecule has 0 atom stereocenters. The van der Waals surface area contributed by atoms with E-state index in [2.05, 4.69) is 35.0 Å². The van der Waals surface area contributed by atoms with Crippen molar-refractivity contribution in [2.24, 2.45) is 0 Å². The molecule has 0 bridgehead atoms. The number of nitrogens with two attached hydrogens (primary N) is 1. The first-order chi connectivity index (χ1) is 8.33. The van der Waals surface area contributed by atoms with E-state index in [0.29, 0.717) is 0 Å². The van der Waals surface area contributed by atoms with Gasteiger partial charge in [-0.25, -0.2) is 0 Å². The highest BCUT2D eigenvalue weighted by Gasteiger charge is 2.15. The Hall–Kier alpha value is -1.54. The minimum atomic E-state index is 0.878. The molecule has 1 aromatic heterocycles. The summed E-state index contributed by atoms with van der Waals surface area (Å²) in [5.41, 5.74) is 12.4. The Kier molecular flexibility index (Phi) is 2.73. The van der Waals surface area contributed by atoms with Gasteiger partial charge in [-0.3, -0.25) is 0 Å². The van der Waals surface area contributed by atoms with E-state index in [1.54, 1.807) is 11.3 Å². The fourth-order valence-corrected chi connectivity index (χ4v) is 3.08. The largest absolute Gasteiger partial charge is 0.399 e. The van der Waals surface area contributed by atoms with Gasteiger partial charge < -0.3 is 5.73 Å². The third-order valence-electron chi connectivity index (χ3n) is 3.30. The number of hydrogen-bond acceptors (Lipinski definition) is 2. The summed E-state index contributed by atoms with van der Waals surface area (Å²) in [6, 6.07) is 8.47. The molecule has 0 saturated carbocycles. The first-order valence-electron chi connectivity index (χ1n) is 5.92. The molecule has 0 unspecified atom stereocenters. The first-order valence-corrected chi connectivity index (χ1v) is 6.86. The van der Waals surface area contributed by atoms with E-state index in [1.807, 2.05) is 6.07 Å². The fourth-order valence-electron chi connectivity index (χ4n) is 2.40. The summed E-state index contributed by atoms with van der Waals surface area (Å²) in [6.07, 6.45) is 5.70. The van der Waals surface area contributed by atoms with E-state index >= 15 is 0 Å². The second kappa shape index (κ2) is 4.38. The number of fused-ring (bicyclic) bond motifs is 1. The summed E-state index contributed by atoms with van der Waals surface area (Å²) in [4.78, 5) is 0. The number of aryl methyl sites for hydroxylation is 1. The molecule has 1 aliphatic rings. The molecule has 86 valence electrons. The molecule has 1 aliphatic carbocycles. The second-order valence-corrected chi connectivity index (χ2v) is 5.26. The van der Waals surface area contributed by atoms with E-state index in [4.69, 9.17) is 5.73 Å². The van der Waals surface area contributed by atoms with Gasteiger partial charge in [0.1, 0.15) is 0 Å². The highest BCUT2D eigenvalue weighted by atomic mass is 32.1. The normalized spacial score (nSPS) is 16.4. The summed E-state index contributed by atoms with van der Waals surface area (Å²) in [7, 11) is 0. The zero-order valence-corrected chi connectivity index (χ0v) is 10.5. The SMILES string of the molecule is Nc1ccc2c(c1)CCC2=CCc1ccsc1. The maximum atomic E-state index is 5.81. The molecule has 0 saturated heterocycles. The molecular weight excluding hydrogens is 226 g/mol. The Morgan fingerprint density at radius 1 is 1.24 bits per heavy atom. The Morgan fingerprint density at radius 2 is 2.18 bits per heavy atom. The van der Waals surface area contributed by atoms with Crippen molar-refractivity contribution in [3.8, 4) is 0 Å². The van der Waals surface area contributed by atoms with E-state index in [0.717, 1.165) is 24.9 Å². The van der Waals surface area contributed by atoms with Crippen molar-refractivity contribution in [1.29, 1.82) is 0 Å². The highest BCUT2D eigenvalue weighted by Crippen LogP contribution is 2.33. The molecule has 1 heterocycles. The molecule has 2 heteroatoms. The summed E-state index contributed by atoms with van der Waals surface area (Å²) < 4.78 is 0. The smallest absolute Gasteiger partial charge is 0.0317 e. The predicted octanol–water partition coefficient (Wildman–Crippen LogP) is 3.90. The number of thiophene rings is 1. The molecule has 2 N–H and O–H groups in total. The van der Waals surface area contributed by atoms with Crippen LogP contribution in [0.4, 0.5) is 5.69 Å². The van der Waals surface area contributed by atoms with Crippen molar-refractivity contribution >= 4 is 22.6 Å². The maximum absolute atomic E-state index is 5.81. The second-order valence-electron chi connectivity index (χ2n) is 4.48. The lowest BCUT2D eigenvalue weighted by atomic mass is 10.0. The molecular formula is C15H15NS. The summed E-state index contributed by atoms with van der Waals surface area (Å²) in [5, 5.41) is 4.35. The molecule has 0 fully saturated rings. The Balaban J connectivity index is 1.86. The minimum Gasteiger partial charge on any atom is -0.399 e. The van der Waals surface area contributed by atoms with Crippen LogP contribution in [-0.2, 0) is 12.8 Å². The molecule has 1 aromatic carbocycles. The van der Waals surface area contributed by atoms with Gasteiger partial charge >= 0.3 is 0 Å². The van der Waals surface area contributed by atoms with Crippen molar-refractivity contribution in [1.82, 2.24) is 0 Å². The third-order valence-corrected chi connectivity index (χ3v) is 4.04. The zero-order chi connectivity index (χ0) is 11.7. The lowest BCUT2D eigenvalue weighted by molar-refractivity contribution is 1.08. The third kappa shape index (κ3) is 2.13.